The highest BCUT2D eigenvalue weighted by molar-refractivity contribution is 5.67. The second-order valence-corrected chi connectivity index (χ2v) is 5.70. The highest BCUT2D eigenvalue weighted by atomic mass is 16.5. The lowest BCUT2D eigenvalue weighted by atomic mass is 10.1. The van der Waals surface area contributed by atoms with Crippen LogP contribution in [0.5, 0.6) is 5.75 Å². The molecule has 120 valence electrons. The standard InChI is InChI=1S/C19H22N2O2/c1-4-13-21-17(10-9-15(11-12-20)19(21)22)16-7-5-6-8-18(16)23-14(2)3/h5-10,14H,4,11,13H2,1-3H3. The molecular weight excluding hydrogens is 288 g/mol. The minimum atomic E-state index is -0.0924. The van der Waals surface area contributed by atoms with Crippen LogP contribution in [0.2, 0.25) is 0 Å². The van der Waals surface area contributed by atoms with Crippen molar-refractivity contribution in [1.29, 1.82) is 5.26 Å². The van der Waals surface area contributed by atoms with Gasteiger partial charge in [0.1, 0.15) is 5.75 Å². The number of nitriles is 1. The molecule has 2 aromatic rings. The molecule has 0 saturated carbocycles. The van der Waals surface area contributed by atoms with Gasteiger partial charge in [-0.25, -0.2) is 0 Å². The normalized spacial score (nSPS) is 10.6. The van der Waals surface area contributed by atoms with Gasteiger partial charge in [0.25, 0.3) is 5.56 Å². The average Bonchev–Trinajstić information content (AvgIpc) is 2.52. The highest BCUT2D eigenvalue weighted by Gasteiger charge is 2.14. The minimum Gasteiger partial charge on any atom is -0.490 e. The van der Waals surface area contributed by atoms with Gasteiger partial charge in [-0.2, -0.15) is 5.26 Å². The molecular formula is C19H22N2O2. The number of benzene rings is 1. The van der Waals surface area contributed by atoms with Gasteiger partial charge in [0.05, 0.1) is 24.3 Å². The number of nitrogens with zero attached hydrogens (tertiary/aromatic N) is 2. The number of para-hydroxylation sites is 1. The Morgan fingerprint density at radius 2 is 1.96 bits per heavy atom. The van der Waals surface area contributed by atoms with Crippen molar-refractivity contribution in [3.8, 4) is 23.1 Å². The first kappa shape index (κ1) is 16.8. The van der Waals surface area contributed by atoms with E-state index in [1.807, 2.05) is 51.1 Å². The Hall–Kier alpha value is -2.54. The van der Waals surface area contributed by atoms with E-state index in [9.17, 15) is 4.79 Å². The van der Waals surface area contributed by atoms with E-state index in [2.05, 4.69) is 6.07 Å². The Labute approximate surface area is 137 Å². The van der Waals surface area contributed by atoms with Gasteiger partial charge in [-0.3, -0.25) is 4.79 Å². The van der Waals surface area contributed by atoms with Crippen LogP contribution in [0.25, 0.3) is 11.3 Å². The Balaban J connectivity index is 2.62. The molecule has 0 spiro atoms. The zero-order valence-electron chi connectivity index (χ0n) is 13.9. The van der Waals surface area contributed by atoms with E-state index in [0.29, 0.717) is 12.1 Å². The van der Waals surface area contributed by atoms with Gasteiger partial charge < -0.3 is 9.30 Å². The number of hydrogen-bond acceptors (Lipinski definition) is 3. The lowest BCUT2D eigenvalue weighted by Crippen LogP contribution is -2.25. The largest absolute Gasteiger partial charge is 0.490 e. The van der Waals surface area contributed by atoms with E-state index in [1.165, 1.54) is 0 Å². The molecule has 4 heteroatoms. The summed E-state index contributed by atoms with van der Waals surface area (Å²) in [6.45, 7) is 6.60. The lowest BCUT2D eigenvalue weighted by Gasteiger charge is -2.18. The van der Waals surface area contributed by atoms with Crippen molar-refractivity contribution in [2.45, 2.75) is 46.3 Å². The predicted molar refractivity (Wildman–Crippen MR) is 91.5 cm³/mol. The molecule has 0 atom stereocenters. The van der Waals surface area contributed by atoms with E-state index in [4.69, 9.17) is 10.00 Å². The van der Waals surface area contributed by atoms with Gasteiger partial charge in [-0.15, -0.1) is 0 Å². The molecule has 4 nitrogen and oxygen atoms in total. The third-order valence-electron chi connectivity index (χ3n) is 3.50. The van der Waals surface area contributed by atoms with Gasteiger partial charge in [-0.1, -0.05) is 25.1 Å². The molecule has 0 radical (unpaired) electrons. The molecule has 1 aromatic heterocycles. The van der Waals surface area contributed by atoms with Gasteiger partial charge >= 0.3 is 0 Å². The maximum atomic E-state index is 12.6. The molecule has 0 N–H and O–H groups in total. The zero-order valence-corrected chi connectivity index (χ0v) is 13.9. The second-order valence-electron chi connectivity index (χ2n) is 5.70. The fourth-order valence-electron chi connectivity index (χ4n) is 2.56. The van der Waals surface area contributed by atoms with Crippen molar-refractivity contribution in [2.75, 3.05) is 0 Å². The fourth-order valence-corrected chi connectivity index (χ4v) is 2.56. The Kier molecular flexibility index (Phi) is 5.59. The summed E-state index contributed by atoms with van der Waals surface area (Å²) >= 11 is 0. The summed E-state index contributed by atoms with van der Waals surface area (Å²) in [7, 11) is 0. The summed E-state index contributed by atoms with van der Waals surface area (Å²) < 4.78 is 7.63. The first-order valence-electron chi connectivity index (χ1n) is 7.94. The van der Waals surface area contributed by atoms with Gasteiger partial charge in [0.2, 0.25) is 0 Å². The third kappa shape index (κ3) is 3.81. The summed E-state index contributed by atoms with van der Waals surface area (Å²) in [5.41, 5.74) is 2.17. The van der Waals surface area contributed by atoms with E-state index < -0.39 is 0 Å². The van der Waals surface area contributed by atoms with Crippen LogP contribution in [0.1, 0.15) is 32.8 Å². The Morgan fingerprint density at radius 3 is 2.61 bits per heavy atom. The fraction of sp³-hybridized carbons (Fsp3) is 0.368. The molecule has 0 aliphatic heterocycles. The monoisotopic (exact) mass is 310 g/mol. The van der Waals surface area contributed by atoms with Crippen LogP contribution in [0.3, 0.4) is 0 Å². The summed E-state index contributed by atoms with van der Waals surface area (Å²) in [4.78, 5) is 12.6. The van der Waals surface area contributed by atoms with Crippen LogP contribution in [-0.2, 0) is 13.0 Å². The van der Waals surface area contributed by atoms with E-state index in [0.717, 1.165) is 23.4 Å². The van der Waals surface area contributed by atoms with Crippen molar-refractivity contribution < 1.29 is 4.74 Å². The molecule has 0 unspecified atom stereocenters. The number of rotatable bonds is 6. The molecule has 0 aliphatic carbocycles. The van der Waals surface area contributed by atoms with Crippen LogP contribution >= 0.6 is 0 Å². The molecule has 0 fully saturated rings. The molecule has 0 aliphatic rings. The molecule has 1 aromatic carbocycles. The third-order valence-corrected chi connectivity index (χ3v) is 3.50. The number of aromatic nitrogens is 1. The topological polar surface area (TPSA) is 55.0 Å². The van der Waals surface area contributed by atoms with Crippen molar-refractivity contribution >= 4 is 0 Å². The van der Waals surface area contributed by atoms with E-state index >= 15 is 0 Å². The molecule has 2 rings (SSSR count). The first-order valence-corrected chi connectivity index (χ1v) is 7.94. The zero-order chi connectivity index (χ0) is 16.8. The SMILES string of the molecule is CCCn1c(-c2ccccc2OC(C)C)ccc(CC#N)c1=O. The lowest BCUT2D eigenvalue weighted by molar-refractivity contribution is 0.243. The van der Waals surface area contributed by atoms with Crippen LogP contribution in [-0.4, -0.2) is 10.7 Å². The maximum Gasteiger partial charge on any atom is 0.255 e. The smallest absolute Gasteiger partial charge is 0.255 e. The maximum absolute atomic E-state index is 12.6. The highest BCUT2D eigenvalue weighted by Crippen LogP contribution is 2.30. The van der Waals surface area contributed by atoms with Crippen LogP contribution in [0.4, 0.5) is 0 Å². The van der Waals surface area contributed by atoms with Crippen LogP contribution < -0.4 is 10.3 Å². The van der Waals surface area contributed by atoms with Crippen molar-refractivity contribution in [2.24, 2.45) is 0 Å². The minimum absolute atomic E-state index is 0.0559. The average molecular weight is 310 g/mol. The quantitative estimate of drug-likeness (QED) is 0.816. The summed E-state index contributed by atoms with van der Waals surface area (Å²) in [5.74, 6) is 0.764. The molecule has 0 amide bonds. The van der Waals surface area contributed by atoms with E-state index in [1.54, 1.807) is 10.6 Å². The van der Waals surface area contributed by atoms with E-state index in [-0.39, 0.29) is 18.1 Å². The number of hydrogen-bond donors (Lipinski definition) is 0. The summed E-state index contributed by atoms with van der Waals surface area (Å²) in [5, 5.41) is 8.88. The Morgan fingerprint density at radius 1 is 1.22 bits per heavy atom. The predicted octanol–water partition coefficient (Wildman–Crippen LogP) is 3.78. The molecule has 23 heavy (non-hydrogen) atoms. The van der Waals surface area contributed by atoms with Gasteiger partial charge in [0, 0.05) is 17.7 Å². The summed E-state index contributed by atoms with van der Waals surface area (Å²) in [6, 6.07) is 13.4. The number of pyridine rings is 1. The van der Waals surface area contributed by atoms with Crippen LogP contribution in [0, 0.1) is 11.3 Å². The van der Waals surface area contributed by atoms with Crippen molar-refractivity contribution in [3.63, 3.8) is 0 Å². The van der Waals surface area contributed by atoms with Gasteiger partial charge in [0.15, 0.2) is 0 Å². The van der Waals surface area contributed by atoms with Crippen molar-refractivity contribution in [1.82, 2.24) is 4.57 Å². The molecule has 0 bridgehead atoms. The number of ether oxygens (including phenoxy) is 1. The first-order chi connectivity index (χ1) is 11.1. The molecule has 1 heterocycles. The second kappa shape index (κ2) is 7.64. The van der Waals surface area contributed by atoms with Crippen LogP contribution in [0.15, 0.2) is 41.2 Å². The summed E-state index contributed by atoms with van der Waals surface area (Å²) in [6.07, 6.45) is 1.03. The van der Waals surface area contributed by atoms with Crippen molar-refractivity contribution in [3.05, 3.63) is 52.3 Å². The van der Waals surface area contributed by atoms with Gasteiger partial charge in [-0.05, 0) is 38.5 Å². The molecule has 0 saturated heterocycles. The Bertz CT molecular complexity index is 770.